The minimum atomic E-state index is -0.0874. The van der Waals surface area contributed by atoms with Crippen molar-refractivity contribution in [3.8, 4) is 0 Å². The third-order valence-electron chi connectivity index (χ3n) is 1.77. The highest BCUT2D eigenvalue weighted by atomic mass is 127. The van der Waals surface area contributed by atoms with Gasteiger partial charge in [0, 0.05) is 43.1 Å². The van der Waals surface area contributed by atoms with Crippen LogP contribution in [-0.2, 0) is 4.74 Å². The van der Waals surface area contributed by atoms with Crippen LogP contribution in [0.25, 0.3) is 0 Å². The van der Waals surface area contributed by atoms with E-state index >= 15 is 0 Å². The van der Waals surface area contributed by atoms with E-state index in [0.29, 0.717) is 6.61 Å². The van der Waals surface area contributed by atoms with Gasteiger partial charge in [0.15, 0.2) is 0 Å². The van der Waals surface area contributed by atoms with Gasteiger partial charge in [0.25, 0.3) is 0 Å². The lowest BCUT2D eigenvalue weighted by atomic mass is 10.0. The zero-order valence-corrected chi connectivity index (χ0v) is 8.30. The zero-order chi connectivity index (χ0) is 7.61. The van der Waals surface area contributed by atoms with E-state index in [9.17, 15) is 0 Å². The predicted octanol–water partition coefficient (Wildman–Crippen LogP) is 0.386. The van der Waals surface area contributed by atoms with Crippen molar-refractivity contribution in [2.45, 2.75) is 12.0 Å². The first-order valence-corrected chi connectivity index (χ1v) is 4.31. The summed E-state index contributed by atoms with van der Waals surface area (Å²) in [6.45, 7) is 2.70. The van der Waals surface area contributed by atoms with Gasteiger partial charge in [0.1, 0.15) is 0 Å². The van der Waals surface area contributed by atoms with E-state index < -0.39 is 0 Å². The maximum absolute atomic E-state index is 5.99. The van der Waals surface area contributed by atoms with Crippen molar-refractivity contribution in [1.82, 2.24) is 3.11 Å². The summed E-state index contributed by atoms with van der Waals surface area (Å²) in [5.41, 5.74) is 5.90. The van der Waals surface area contributed by atoms with Crippen molar-refractivity contribution in [3.63, 3.8) is 0 Å². The third kappa shape index (κ3) is 2.05. The summed E-state index contributed by atoms with van der Waals surface area (Å²) in [5.74, 6) is 0. The Bertz CT molecular complexity index is 118. The van der Waals surface area contributed by atoms with Crippen LogP contribution < -0.4 is 5.73 Å². The van der Waals surface area contributed by atoms with Crippen molar-refractivity contribution in [1.29, 1.82) is 0 Å². The molecule has 1 unspecified atom stereocenters. The second kappa shape index (κ2) is 3.34. The normalized spacial score (nSPS) is 35.1. The smallest absolute Gasteiger partial charge is 0.0655 e. The van der Waals surface area contributed by atoms with Crippen LogP contribution in [0.4, 0.5) is 0 Å². The minimum absolute atomic E-state index is 0.0874. The van der Waals surface area contributed by atoms with Gasteiger partial charge in [-0.1, -0.05) is 0 Å². The van der Waals surface area contributed by atoms with Gasteiger partial charge in [-0.2, -0.15) is 0 Å². The van der Waals surface area contributed by atoms with Crippen LogP contribution >= 0.6 is 22.9 Å². The Labute approximate surface area is 75.4 Å². The van der Waals surface area contributed by atoms with Gasteiger partial charge in [0.2, 0.25) is 0 Å². The number of methoxy groups -OCH3 is 1. The topological polar surface area (TPSA) is 38.5 Å². The Morgan fingerprint density at radius 1 is 1.80 bits per heavy atom. The molecule has 1 fully saturated rings. The molecule has 1 rings (SSSR count). The highest BCUT2D eigenvalue weighted by Crippen LogP contribution is 2.21. The summed E-state index contributed by atoms with van der Waals surface area (Å²) >= 11 is 2.29. The van der Waals surface area contributed by atoms with Crippen LogP contribution in [-0.4, -0.2) is 35.5 Å². The van der Waals surface area contributed by atoms with Gasteiger partial charge in [-0.25, -0.2) is 3.11 Å². The summed E-state index contributed by atoms with van der Waals surface area (Å²) in [5, 5.41) is 0. The average Bonchev–Trinajstić information content (AvgIpc) is 2.12. The van der Waals surface area contributed by atoms with Crippen molar-refractivity contribution in [3.05, 3.63) is 0 Å². The van der Waals surface area contributed by atoms with Crippen LogP contribution in [0.1, 0.15) is 6.42 Å². The van der Waals surface area contributed by atoms with Crippen LogP contribution in [0.2, 0.25) is 0 Å². The first-order chi connectivity index (χ1) is 4.66. The molecule has 0 aromatic heterocycles. The fourth-order valence-electron chi connectivity index (χ4n) is 1.25. The van der Waals surface area contributed by atoms with Gasteiger partial charge < -0.3 is 10.5 Å². The molecule has 1 saturated heterocycles. The lowest BCUT2D eigenvalue weighted by Gasteiger charge is -2.21. The quantitative estimate of drug-likeness (QED) is 0.573. The fraction of sp³-hybridized carbons (Fsp3) is 1.00. The number of ether oxygens (including phenoxy) is 1. The Morgan fingerprint density at radius 3 is 2.90 bits per heavy atom. The van der Waals surface area contributed by atoms with Gasteiger partial charge in [0.05, 0.1) is 12.1 Å². The predicted molar refractivity (Wildman–Crippen MR) is 49.0 cm³/mol. The van der Waals surface area contributed by atoms with E-state index in [1.54, 1.807) is 7.11 Å². The Morgan fingerprint density at radius 2 is 2.50 bits per heavy atom. The average molecular weight is 256 g/mol. The largest absolute Gasteiger partial charge is 0.383 e. The minimum Gasteiger partial charge on any atom is -0.383 e. The second-order valence-electron chi connectivity index (χ2n) is 2.89. The number of halogens is 1. The van der Waals surface area contributed by atoms with Crippen LogP contribution in [0.3, 0.4) is 0 Å². The van der Waals surface area contributed by atoms with E-state index in [1.165, 1.54) is 0 Å². The Kier molecular flexibility index (Phi) is 2.91. The van der Waals surface area contributed by atoms with Crippen molar-refractivity contribution < 1.29 is 4.74 Å². The van der Waals surface area contributed by atoms with Gasteiger partial charge in [-0.15, -0.1) is 0 Å². The molecule has 1 aliphatic heterocycles. The zero-order valence-electron chi connectivity index (χ0n) is 6.14. The Hall–Kier alpha value is 0.610. The molecule has 1 aliphatic rings. The first-order valence-electron chi connectivity index (χ1n) is 3.35. The maximum atomic E-state index is 5.99. The van der Waals surface area contributed by atoms with E-state index in [0.717, 1.165) is 19.5 Å². The fourth-order valence-corrected chi connectivity index (χ4v) is 2.17. The molecule has 2 N–H and O–H groups in total. The first kappa shape index (κ1) is 8.70. The molecule has 4 heteroatoms. The summed E-state index contributed by atoms with van der Waals surface area (Å²) in [7, 11) is 1.70. The number of nitrogens with zero attached hydrogens (tertiary/aromatic N) is 1. The van der Waals surface area contributed by atoms with Gasteiger partial charge in [-0.3, -0.25) is 0 Å². The van der Waals surface area contributed by atoms with E-state index in [4.69, 9.17) is 10.5 Å². The molecule has 0 saturated carbocycles. The highest BCUT2D eigenvalue weighted by Gasteiger charge is 2.33. The molecular formula is C6H13IN2O. The molecule has 3 nitrogen and oxygen atoms in total. The van der Waals surface area contributed by atoms with Crippen molar-refractivity contribution >= 4 is 22.9 Å². The maximum Gasteiger partial charge on any atom is 0.0655 e. The molecule has 0 aromatic rings. The van der Waals surface area contributed by atoms with E-state index in [2.05, 4.69) is 26.0 Å². The van der Waals surface area contributed by atoms with Crippen LogP contribution in [0, 0.1) is 0 Å². The second-order valence-corrected chi connectivity index (χ2v) is 4.25. The molecule has 0 radical (unpaired) electrons. The number of nitrogens with two attached hydrogens (primary N) is 1. The molecule has 0 spiro atoms. The third-order valence-corrected chi connectivity index (χ3v) is 2.59. The molecule has 60 valence electrons. The lowest BCUT2D eigenvalue weighted by molar-refractivity contribution is 0.139. The van der Waals surface area contributed by atoms with Gasteiger partial charge in [-0.05, 0) is 6.42 Å². The molecule has 0 bridgehead atoms. The molecular weight excluding hydrogens is 243 g/mol. The molecule has 1 heterocycles. The van der Waals surface area contributed by atoms with Crippen LogP contribution in [0.5, 0.6) is 0 Å². The summed E-state index contributed by atoms with van der Waals surface area (Å²) in [6.07, 6.45) is 1.05. The Balaban J connectivity index is 2.38. The standard InChI is InChI=1S/C6H13IN2O/c1-10-5-6(8)2-3-9(7)4-6/h2-5,8H2,1H3. The van der Waals surface area contributed by atoms with Crippen LogP contribution in [0.15, 0.2) is 0 Å². The number of hydrogen-bond donors (Lipinski definition) is 1. The summed E-state index contributed by atoms with van der Waals surface area (Å²) < 4.78 is 7.23. The van der Waals surface area contributed by atoms with E-state index in [1.807, 2.05) is 0 Å². The molecule has 1 atom stereocenters. The SMILES string of the molecule is COCC1(N)CCN(I)C1. The molecule has 0 aliphatic carbocycles. The number of rotatable bonds is 2. The lowest BCUT2D eigenvalue weighted by Crippen LogP contribution is -2.45. The molecule has 0 aromatic carbocycles. The van der Waals surface area contributed by atoms with Gasteiger partial charge >= 0.3 is 0 Å². The number of hydrogen-bond acceptors (Lipinski definition) is 3. The monoisotopic (exact) mass is 256 g/mol. The molecule has 10 heavy (non-hydrogen) atoms. The molecule has 0 amide bonds. The van der Waals surface area contributed by atoms with E-state index in [-0.39, 0.29) is 5.54 Å². The summed E-state index contributed by atoms with van der Waals surface area (Å²) in [6, 6.07) is 0. The highest BCUT2D eigenvalue weighted by molar-refractivity contribution is 14.1. The summed E-state index contributed by atoms with van der Waals surface area (Å²) in [4.78, 5) is 0. The van der Waals surface area contributed by atoms with Crippen molar-refractivity contribution in [2.75, 3.05) is 26.8 Å². The van der Waals surface area contributed by atoms with Crippen molar-refractivity contribution in [2.24, 2.45) is 5.73 Å².